The lowest BCUT2D eigenvalue weighted by Gasteiger charge is -2.04. The summed E-state index contributed by atoms with van der Waals surface area (Å²) in [5.74, 6) is 0.810. The zero-order valence-corrected chi connectivity index (χ0v) is 17.2. The molecule has 0 radical (unpaired) electrons. The van der Waals surface area contributed by atoms with E-state index >= 15 is 0 Å². The molecule has 0 saturated carbocycles. The number of ketones is 1. The Hall–Kier alpha value is -3.43. The molecule has 0 N–H and O–H groups in total. The van der Waals surface area contributed by atoms with E-state index in [1.54, 1.807) is 0 Å². The monoisotopic (exact) mass is 412 g/mol. The molecule has 0 spiro atoms. The first-order chi connectivity index (χ1) is 14.6. The summed E-state index contributed by atoms with van der Waals surface area (Å²) >= 11 is 6.60. The lowest BCUT2D eigenvalue weighted by molar-refractivity contribution is -0.656. The smallest absolute Gasteiger partial charge is 0.258 e. The van der Waals surface area contributed by atoms with Gasteiger partial charge in [-0.15, -0.1) is 0 Å². The van der Waals surface area contributed by atoms with E-state index in [4.69, 9.17) is 16.0 Å². The average molecular weight is 413 g/mol. The molecule has 4 heteroatoms. The van der Waals surface area contributed by atoms with Gasteiger partial charge in [0.05, 0.1) is 10.4 Å². The van der Waals surface area contributed by atoms with Crippen LogP contribution in [-0.4, -0.2) is 5.78 Å². The number of Topliss-reactive ketones (excluding diaryl/α,β-unsaturated/α-hetero) is 1. The number of hydrogen-bond donors (Lipinski definition) is 0. The summed E-state index contributed by atoms with van der Waals surface area (Å²) in [4.78, 5) is 12.9. The Kier molecular flexibility index (Phi) is 4.61. The molecular weight excluding hydrogens is 394 g/mol. The van der Waals surface area contributed by atoms with Gasteiger partial charge in [0.2, 0.25) is 17.9 Å². The Morgan fingerprint density at radius 3 is 2.50 bits per heavy atom. The average Bonchev–Trinajstić information content (AvgIpc) is 3.19. The van der Waals surface area contributed by atoms with E-state index in [9.17, 15) is 4.79 Å². The number of rotatable bonds is 4. The summed E-state index contributed by atoms with van der Waals surface area (Å²) in [6.45, 7) is 2.26. The summed E-state index contributed by atoms with van der Waals surface area (Å²) in [5, 5.41) is 2.41. The third-order valence-corrected chi connectivity index (χ3v) is 5.65. The molecule has 30 heavy (non-hydrogen) atoms. The van der Waals surface area contributed by atoms with Crippen LogP contribution in [0.4, 0.5) is 0 Å². The zero-order chi connectivity index (χ0) is 20.7. The van der Waals surface area contributed by atoms with Crippen molar-refractivity contribution in [3.8, 4) is 11.3 Å². The van der Waals surface area contributed by atoms with Gasteiger partial charge in [0.15, 0.2) is 6.20 Å². The van der Waals surface area contributed by atoms with Gasteiger partial charge in [0.1, 0.15) is 5.76 Å². The number of fused-ring (bicyclic) bond motifs is 3. The highest BCUT2D eigenvalue weighted by atomic mass is 35.5. The fourth-order valence-corrected chi connectivity index (χ4v) is 4.04. The molecule has 0 saturated heterocycles. The molecule has 0 atom stereocenters. The predicted octanol–water partition coefficient (Wildman–Crippen LogP) is 6.39. The Balaban J connectivity index is 1.68. The van der Waals surface area contributed by atoms with Crippen molar-refractivity contribution in [3.63, 3.8) is 0 Å². The third kappa shape index (κ3) is 3.27. The molecule has 0 bridgehead atoms. The molecule has 3 aromatic carbocycles. The summed E-state index contributed by atoms with van der Waals surface area (Å²) < 4.78 is 8.22. The first-order valence-corrected chi connectivity index (χ1v) is 10.2. The highest BCUT2D eigenvalue weighted by Crippen LogP contribution is 2.35. The maximum Gasteiger partial charge on any atom is 0.258 e. The van der Waals surface area contributed by atoms with Crippen LogP contribution in [0.1, 0.15) is 15.9 Å². The van der Waals surface area contributed by atoms with Crippen molar-refractivity contribution >= 4 is 39.3 Å². The van der Waals surface area contributed by atoms with Gasteiger partial charge in [-0.3, -0.25) is 4.79 Å². The number of aryl methyl sites for hydroxylation is 1. The molecular formula is C26H19ClNO2+. The summed E-state index contributed by atoms with van der Waals surface area (Å²) in [6, 6.07) is 25.3. The van der Waals surface area contributed by atoms with Gasteiger partial charge in [0.25, 0.3) is 5.52 Å². The molecule has 0 aliphatic rings. The van der Waals surface area contributed by atoms with E-state index in [1.807, 2.05) is 77.5 Å². The lowest BCUT2D eigenvalue weighted by Crippen LogP contribution is -2.38. The molecule has 146 valence electrons. The standard InChI is InChI=1S/C26H19ClNO2/c1-17-9-11-19(12-10-17)24-15-20-14-22(27)21-8-5-13-28(25(21)26(20)30-24)16-23(29)18-6-3-2-4-7-18/h2-15H,16H2,1H3/q+1. The number of nitrogens with zero attached hydrogens (tertiary/aromatic N) is 1. The largest absolute Gasteiger partial charge is 0.449 e. The number of aromatic nitrogens is 1. The van der Waals surface area contributed by atoms with Gasteiger partial charge in [0, 0.05) is 22.6 Å². The summed E-state index contributed by atoms with van der Waals surface area (Å²) in [5.41, 5.74) is 4.43. The summed E-state index contributed by atoms with van der Waals surface area (Å²) in [6.07, 6.45) is 1.90. The molecule has 5 aromatic rings. The number of halogens is 1. The summed E-state index contributed by atoms with van der Waals surface area (Å²) in [7, 11) is 0. The van der Waals surface area contributed by atoms with Crippen LogP contribution in [0.5, 0.6) is 0 Å². The van der Waals surface area contributed by atoms with Crippen molar-refractivity contribution in [1.82, 2.24) is 0 Å². The quantitative estimate of drug-likeness (QED) is 0.253. The molecule has 0 aliphatic heterocycles. The molecule has 0 fully saturated rings. The Morgan fingerprint density at radius 1 is 0.967 bits per heavy atom. The molecule has 2 heterocycles. The van der Waals surface area contributed by atoms with Crippen molar-refractivity contribution in [2.24, 2.45) is 0 Å². The maximum absolute atomic E-state index is 12.9. The van der Waals surface area contributed by atoms with Crippen LogP contribution in [0, 0.1) is 6.92 Å². The van der Waals surface area contributed by atoms with Crippen molar-refractivity contribution in [3.05, 3.63) is 101 Å². The van der Waals surface area contributed by atoms with Gasteiger partial charge in [-0.2, -0.15) is 4.57 Å². The topological polar surface area (TPSA) is 34.1 Å². The number of carbonyl (C=O) groups is 1. The van der Waals surface area contributed by atoms with Crippen LogP contribution in [0.15, 0.2) is 89.5 Å². The van der Waals surface area contributed by atoms with E-state index in [0.29, 0.717) is 10.6 Å². The lowest BCUT2D eigenvalue weighted by atomic mass is 10.1. The highest BCUT2D eigenvalue weighted by Gasteiger charge is 2.22. The van der Waals surface area contributed by atoms with E-state index in [1.165, 1.54) is 5.56 Å². The van der Waals surface area contributed by atoms with Gasteiger partial charge >= 0.3 is 0 Å². The van der Waals surface area contributed by atoms with Crippen LogP contribution in [0.2, 0.25) is 5.02 Å². The number of benzene rings is 3. The SMILES string of the molecule is Cc1ccc(-c2cc3cc(Cl)c4ccc[n+](CC(=O)c5ccccc5)c4c3o2)cc1. The van der Waals surface area contributed by atoms with E-state index in [-0.39, 0.29) is 12.3 Å². The van der Waals surface area contributed by atoms with Crippen LogP contribution < -0.4 is 4.57 Å². The third-order valence-electron chi connectivity index (χ3n) is 5.33. The highest BCUT2D eigenvalue weighted by molar-refractivity contribution is 6.36. The van der Waals surface area contributed by atoms with Crippen LogP contribution >= 0.6 is 11.6 Å². The molecule has 0 aliphatic carbocycles. The van der Waals surface area contributed by atoms with Gasteiger partial charge < -0.3 is 4.42 Å². The predicted molar refractivity (Wildman–Crippen MR) is 120 cm³/mol. The van der Waals surface area contributed by atoms with Gasteiger partial charge in [-0.05, 0) is 25.1 Å². The maximum atomic E-state index is 12.9. The molecule has 3 nitrogen and oxygen atoms in total. The fraction of sp³-hybridized carbons (Fsp3) is 0.0769. The minimum atomic E-state index is 0.0338. The van der Waals surface area contributed by atoms with Gasteiger partial charge in [-0.25, -0.2) is 0 Å². The second-order valence-electron chi connectivity index (χ2n) is 7.44. The molecule has 0 unspecified atom stereocenters. The Bertz CT molecular complexity index is 1390. The number of furan rings is 1. The van der Waals surface area contributed by atoms with Crippen molar-refractivity contribution in [2.45, 2.75) is 13.5 Å². The van der Waals surface area contributed by atoms with Crippen molar-refractivity contribution in [2.75, 3.05) is 0 Å². The number of pyridine rings is 1. The molecule has 5 rings (SSSR count). The zero-order valence-electron chi connectivity index (χ0n) is 16.4. The Labute approximate surface area is 179 Å². The molecule has 2 aromatic heterocycles. The van der Waals surface area contributed by atoms with Crippen molar-refractivity contribution < 1.29 is 13.8 Å². The van der Waals surface area contributed by atoms with E-state index in [2.05, 4.69) is 19.1 Å². The number of hydrogen-bond acceptors (Lipinski definition) is 2. The van der Waals surface area contributed by atoms with E-state index in [0.717, 1.165) is 33.2 Å². The van der Waals surface area contributed by atoms with Crippen molar-refractivity contribution in [1.29, 1.82) is 0 Å². The van der Waals surface area contributed by atoms with E-state index < -0.39 is 0 Å². The normalized spacial score (nSPS) is 11.3. The van der Waals surface area contributed by atoms with Crippen LogP contribution in [0.3, 0.4) is 0 Å². The van der Waals surface area contributed by atoms with Crippen LogP contribution in [0.25, 0.3) is 33.2 Å². The second kappa shape index (κ2) is 7.43. The second-order valence-corrected chi connectivity index (χ2v) is 7.85. The van der Waals surface area contributed by atoms with Crippen LogP contribution in [-0.2, 0) is 6.54 Å². The van der Waals surface area contributed by atoms with Gasteiger partial charge in [-0.1, -0.05) is 71.8 Å². The fourth-order valence-electron chi connectivity index (χ4n) is 3.77. The first-order valence-electron chi connectivity index (χ1n) is 9.80. The molecule has 0 amide bonds. The first kappa shape index (κ1) is 18.6. The minimum Gasteiger partial charge on any atom is -0.449 e. The Morgan fingerprint density at radius 2 is 1.73 bits per heavy atom. The number of carbonyl (C=O) groups excluding carboxylic acids is 1. The minimum absolute atomic E-state index is 0.0338.